The molecule has 3 heteroatoms. The Morgan fingerprint density at radius 3 is 2.70 bits per heavy atom. The Kier molecular flexibility index (Phi) is 2.40. The van der Waals surface area contributed by atoms with Gasteiger partial charge < -0.3 is 4.90 Å². The van der Waals surface area contributed by atoms with Crippen LogP contribution in [-0.4, -0.2) is 24.0 Å². The van der Waals surface area contributed by atoms with Gasteiger partial charge in [-0.05, 0) is 21.0 Å². The molecule has 0 aliphatic carbocycles. The molecule has 2 nitrogen and oxygen atoms in total. The number of aromatic nitrogens is 1. The number of aryl methyl sites for hydroxylation is 1. The molecule has 0 N–H and O–H groups in total. The van der Waals surface area contributed by atoms with Gasteiger partial charge in [-0.15, -0.1) is 11.3 Å². The lowest BCUT2D eigenvalue weighted by Crippen LogP contribution is -2.09. The molecule has 1 rings (SSSR count). The molecule has 1 aromatic rings. The van der Waals surface area contributed by atoms with Crippen LogP contribution in [0.1, 0.15) is 9.88 Å². The van der Waals surface area contributed by atoms with E-state index in [0.29, 0.717) is 0 Å². The van der Waals surface area contributed by atoms with E-state index in [0.717, 1.165) is 11.6 Å². The molecule has 0 aliphatic rings. The first-order valence-electron chi connectivity index (χ1n) is 3.24. The predicted molar refractivity (Wildman–Crippen MR) is 44.2 cm³/mol. The van der Waals surface area contributed by atoms with Gasteiger partial charge in [0, 0.05) is 17.6 Å². The Morgan fingerprint density at radius 2 is 2.30 bits per heavy atom. The van der Waals surface area contributed by atoms with Gasteiger partial charge in [-0.3, -0.25) is 0 Å². The minimum atomic E-state index is 1.01. The first kappa shape index (κ1) is 7.69. The Morgan fingerprint density at radius 1 is 1.60 bits per heavy atom. The quantitative estimate of drug-likeness (QED) is 0.645. The minimum Gasteiger partial charge on any atom is -0.304 e. The van der Waals surface area contributed by atoms with E-state index in [1.54, 1.807) is 11.3 Å². The van der Waals surface area contributed by atoms with Gasteiger partial charge >= 0.3 is 0 Å². The van der Waals surface area contributed by atoms with E-state index in [1.807, 2.05) is 13.1 Å². The summed E-state index contributed by atoms with van der Waals surface area (Å²) in [5.41, 5.74) is 0. The standard InChI is InChI=1S/C7H12N2S/c1-6-8-4-7(10-6)5-9(2)3/h4H,5H2,1-3H3. The molecule has 0 saturated heterocycles. The summed E-state index contributed by atoms with van der Waals surface area (Å²) in [6.07, 6.45) is 1.94. The highest BCUT2D eigenvalue weighted by Crippen LogP contribution is 2.12. The van der Waals surface area contributed by atoms with Crippen LogP contribution >= 0.6 is 11.3 Å². The SMILES string of the molecule is Cc1ncc(CN(C)C)s1. The topological polar surface area (TPSA) is 16.1 Å². The van der Waals surface area contributed by atoms with E-state index in [-0.39, 0.29) is 0 Å². The van der Waals surface area contributed by atoms with Gasteiger partial charge in [-0.2, -0.15) is 0 Å². The van der Waals surface area contributed by atoms with Crippen molar-refractivity contribution in [3.8, 4) is 0 Å². The average molecular weight is 156 g/mol. The van der Waals surface area contributed by atoms with Crippen molar-refractivity contribution in [1.82, 2.24) is 9.88 Å². The molecule has 1 aromatic heterocycles. The normalized spacial score (nSPS) is 10.8. The van der Waals surface area contributed by atoms with Gasteiger partial charge in [0.1, 0.15) is 0 Å². The van der Waals surface area contributed by atoms with E-state index in [2.05, 4.69) is 24.0 Å². The zero-order valence-electron chi connectivity index (χ0n) is 6.59. The molecular weight excluding hydrogens is 144 g/mol. The molecule has 0 amide bonds. The summed E-state index contributed by atoms with van der Waals surface area (Å²) in [4.78, 5) is 7.64. The highest BCUT2D eigenvalue weighted by molar-refractivity contribution is 7.11. The van der Waals surface area contributed by atoms with Crippen LogP contribution in [0.3, 0.4) is 0 Å². The molecule has 10 heavy (non-hydrogen) atoms. The van der Waals surface area contributed by atoms with Crippen LogP contribution in [0.4, 0.5) is 0 Å². The fourth-order valence-corrected chi connectivity index (χ4v) is 1.70. The molecule has 0 spiro atoms. The Balaban J connectivity index is 2.58. The summed E-state index contributed by atoms with van der Waals surface area (Å²) in [6, 6.07) is 0. The van der Waals surface area contributed by atoms with Crippen LogP contribution in [0.25, 0.3) is 0 Å². The Labute approximate surface area is 65.5 Å². The molecule has 0 aliphatic heterocycles. The molecule has 0 saturated carbocycles. The van der Waals surface area contributed by atoms with Crippen molar-refractivity contribution in [1.29, 1.82) is 0 Å². The average Bonchev–Trinajstić information content (AvgIpc) is 2.13. The maximum absolute atomic E-state index is 4.16. The van der Waals surface area contributed by atoms with Crippen molar-refractivity contribution in [2.24, 2.45) is 0 Å². The second-order valence-electron chi connectivity index (χ2n) is 2.58. The van der Waals surface area contributed by atoms with Crippen molar-refractivity contribution in [2.75, 3.05) is 14.1 Å². The summed E-state index contributed by atoms with van der Waals surface area (Å²) >= 11 is 1.76. The fourth-order valence-electron chi connectivity index (χ4n) is 0.790. The van der Waals surface area contributed by atoms with Crippen molar-refractivity contribution < 1.29 is 0 Å². The first-order chi connectivity index (χ1) is 4.68. The zero-order chi connectivity index (χ0) is 7.56. The second-order valence-corrected chi connectivity index (χ2v) is 3.90. The molecule has 0 bridgehead atoms. The molecule has 56 valence electrons. The van der Waals surface area contributed by atoms with Gasteiger partial charge in [-0.1, -0.05) is 0 Å². The zero-order valence-corrected chi connectivity index (χ0v) is 7.40. The van der Waals surface area contributed by atoms with Gasteiger partial charge in [0.15, 0.2) is 0 Å². The van der Waals surface area contributed by atoms with Crippen LogP contribution < -0.4 is 0 Å². The lowest BCUT2D eigenvalue weighted by molar-refractivity contribution is 0.406. The molecule has 1 heterocycles. The van der Waals surface area contributed by atoms with Gasteiger partial charge in [0.25, 0.3) is 0 Å². The molecule has 0 atom stereocenters. The number of thiazole rings is 1. The van der Waals surface area contributed by atoms with Crippen molar-refractivity contribution >= 4 is 11.3 Å². The second kappa shape index (κ2) is 3.12. The summed E-state index contributed by atoms with van der Waals surface area (Å²) in [6.45, 7) is 3.04. The Bertz CT molecular complexity index is 205. The fraction of sp³-hybridized carbons (Fsp3) is 0.571. The molecule has 0 unspecified atom stereocenters. The predicted octanol–water partition coefficient (Wildman–Crippen LogP) is 1.51. The monoisotopic (exact) mass is 156 g/mol. The molecule has 0 aromatic carbocycles. The summed E-state index contributed by atoms with van der Waals surface area (Å²) in [7, 11) is 4.13. The van der Waals surface area contributed by atoms with Crippen LogP contribution in [0.15, 0.2) is 6.20 Å². The number of nitrogens with zero attached hydrogens (tertiary/aromatic N) is 2. The highest BCUT2D eigenvalue weighted by Gasteiger charge is 1.97. The van der Waals surface area contributed by atoms with E-state index >= 15 is 0 Å². The van der Waals surface area contributed by atoms with Gasteiger partial charge in [0.05, 0.1) is 5.01 Å². The summed E-state index contributed by atoms with van der Waals surface area (Å²) in [5, 5.41) is 1.15. The van der Waals surface area contributed by atoms with Crippen molar-refractivity contribution in [3.63, 3.8) is 0 Å². The molecular formula is C7H12N2S. The third kappa shape index (κ3) is 2.08. The van der Waals surface area contributed by atoms with Crippen LogP contribution in [0, 0.1) is 6.92 Å². The maximum Gasteiger partial charge on any atom is 0.0897 e. The number of rotatable bonds is 2. The van der Waals surface area contributed by atoms with E-state index in [9.17, 15) is 0 Å². The Hall–Kier alpha value is -0.410. The number of hydrogen-bond donors (Lipinski definition) is 0. The van der Waals surface area contributed by atoms with Crippen molar-refractivity contribution in [3.05, 3.63) is 16.1 Å². The van der Waals surface area contributed by atoms with Gasteiger partial charge in [-0.25, -0.2) is 4.98 Å². The minimum absolute atomic E-state index is 1.01. The van der Waals surface area contributed by atoms with Crippen molar-refractivity contribution in [2.45, 2.75) is 13.5 Å². The third-order valence-corrected chi connectivity index (χ3v) is 2.04. The van der Waals surface area contributed by atoms with Gasteiger partial charge in [0.2, 0.25) is 0 Å². The highest BCUT2D eigenvalue weighted by atomic mass is 32.1. The summed E-state index contributed by atoms with van der Waals surface area (Å²) < 4.78 is 0. The third-order valence-electron chi connectivity index (χ3n) is 1.14. The summed E-state index contributed by atoms with van der Waals surface area (Å²) in [5.74, 6) is 0. The molecule has 0 radical (unpaired) electrons. The van der Waals surface area contributed by atoms with Crippen LogP contribution in [0.2, 0.25) is 0 Å². The lowest BCUT2D eigenvalue weighted by Gasteiger charge is -2.04. The number of hydrogen-bond acceptors (Lipinski definition) is 3. The van der Waals surface area contributed by atoms with Crippen LogP contribution in [0.5, 0.6) is 0 Å². The van der Waals surface area contributed by atoms with E-state index in [1.165, 1.54) is 4.88 Å². The maximum atomic E-state index is 4.16. The molecule has 0 fully saturated rings. The largest absolute Gasteiger partial charge is 0.304 e. The van der Waals surface area contributed by atoms with E-state index < -0.39 is 0 Å². The first-order valence-corrected chi connectivity index (χ1v) is 4.06. The lowest BCUT2D eigenvalue weighted by atomic mass is 10.5. The van der Waals surface area contributed by atoms with E-state index in [4.69, 9.17) is 0 Å². The smallest absolute Gasteiger partial charge is 0.0897 e. The van der Waals surface area contributed by atoms with Crippen LogP contribution in [-0.2, 0) is 6.54 Å².